The van der Waals surface area contributed by atoms with E-state index in [1.165, 1.54) is 37.9 Å². The quantitative estimate of drug-likeness (QED) is 0.864. The zero-order valence-corrected chi connectivity index (χ0v) is 10.1. The largest absolute Gasteiger partial charge is 0.341 e. The summed E-state index contributed by atoms with van der Waals surface area (Å²) in [5.41, 5.74) is 0.236. The third-order valence-electron chi connectivity index (χ3n) is 3.38. The van der Waals surface area contributed by atoms with Gasteiger partial charge in [0, 0.05) is 31.4 Å². The number of nitrogens with zero attached hydrogens (tertiary/aromatic N) is 1. The number of aromatic nitrogens is 1. The van der Waals surface area contributed by atoms with Crippen LogP contribution < -0.4 is 5.56 Å². The number of rotatable bonds is 3. The van der Waals surface area contributed by atoms with E-state index >= 15 is 0 Å². The fourth-order valence-corrected chi connectivity index (χ4v) is 2.46. The van der Waals surface area contributed by atoms with Gasteiger partial charge in [0.25, 0.3) is 5.91 Å². The van der Waals surface area contributed by atoms with Crippen molar-refractivity contribution in [3.8, 4) is 0 Å². The molecule has 0 aromatic carbocycles. The normalized spacial score (nSPS) is 16.1. The van der Waals surface area contributed by atoms with E-state index in [9.17, 15) is 9.59 Å². The molecule has 0 atom stereocenters. The molecule has 0 unspecified atom stereocenters. The molecule has 0 radical (unpaired) electrons. The zero-order valence-electron chi connectivity index (χ0n) is 10.1. The molecule has 1 N–H and O–H groups in total. The lowest BCUT2D eigenvalue weighted by molar-refractivity contribution is 0.0773. The van der Waals surface area contributed by atoms with Crippen LogP contribution in [0.4, 0.5) is 0 Å². The van der Waals surface area contributed by atoms with E-state index in [1.54, 1.807) is 11.0 Å². The summed E-state index contributed by atoms with van der Waals surface area (Å²) < 4.78 is 0. The Morgan fingerprint density at radius 1 is 1.47 bits per heavy atom. The minimum Gasteiger partial charge on any atom is -0.341 e. The Kier molecular flexibility index (Phi) is 3.61. The third-order valence-corrected chi connectivity index (χ3v) is 3.38. The van der Waals surface area contributed by atoms with E-state index in [4.69, 9.17) is 0 Å². The van der Waals surface area contributed by atoms with Gasteiger partial charge in [0.2, 0.25) is 5.56 Å². The molecule has 17 heavy (non-hydrogen) atoms. The molecule has 0 aliphatic heterocycles. The molecule has 1 saturated carbocycles. The SMILES string of the molecule is CN(CC1CCCC1)C(=O)c1cc[nH]c(=O)c1. The Labute approximate surface area is 101 Å². The van der Waals surface area contributed by atoms with Crippen molar-refractivity contribution in [1.29, 1.82) is 0 Å². The van der Waals surface area contributed by atoms with Gasteiger partial charge in [-0.3, -0.25) is 9.59 Å². The molecule has 4 heteroatoms. The summed E-state index contributed by atoms with van der Waals surface area (Å²) in [5.74, 6) is 0.564. The van der Waals surface area contributed by atoms with E-state index < -0.39 is 0 Å². The minimum atomic E-state index is -0.231. The Morgan fingerprint density at radius 3 is 2.82 bits per heavy atom. The molecule has 1 aromatic heterocycles. The first-order valence-corrected chi connectivity index (χ1v) is 6.11. The Balaban J connectivity index is 2.01. The predicted octanol–water partition coefficient (Wildman–Crippen LogP) is 1.64. The van der Waals surface area contributed by atoms with Gasteiger partial charge in [-0.25, -0.2) is 0 Å². The van der Waals surface area contributed by atoms with Gasteiger partial charge in [0.05, 0.1) is 0 Å². The third kappa shape index (κ3) is 2.96. The van der Waals surface area contributed by atoms with E-state index in [0.717, 1.165) is 6.54 Å². The van der Waals surface area contributed by atoms with Crippen LogP contribution in [0.1, 0.15) is 36.0 Å². The highest BCUT2D eigenvalue weighted by atomic mass is 16.2. The number of pyridine rings is 1. The van der Waals surface area contributed by atoms with E-state index in [0.29, 0.717) is 11.5 Å². The van der Waals surface area contributed by atoms with Crippen LogP contribution >= 0.6 is 0 Å². The molecule has 1 aliphatic carbocycles. The maximum Gasteiger partial charge on any atom is 0.253 e. The highest BCUT2D eigenvalue weighted by molar-refractivity contribution is 5.93. The number of amides is 1. The maximum atomic E-state index is 12.1. The van der Waals surface area contributed by atoms with Crippen molar-refractivity contribution in [2.45, 2.75) is 25.7 Å². The van der Waals surface area contributed by atoms with Crippen LogP contribution in [0.3, 0.4) is 0 Å². The first kappa shape index (κ1) is 11.9. The summed E-state index contributed by atoms with van der Waals surface area (Å²) in [6, 6.07) is 3.00. The fourth-order valence-electron chi connectivity index (χ4n) is 2.46. The predicted molar refractivity (Wildman–Crippen MR) is 66.0 cm³/mol. The summed E-state index contributed by atoms with van der Waals surface area (Å²) in [6.07, 6.45) is 6.49. The van der Waals surface area contributed by atoms with Gasteiger partial charge in [-0.05, 0) is 24.8 Å². The average molecular weight is 234 g/mol. The molecule has 2 rings (SSSR count). The molecule has 0 saturated heterocycles. The standard InChI is InChI=1S/C13H18N2O2/c1-15(9-10-4-2-3-5-10)13(17)11-6-7-14-12(16)8-11/h6-8,10H,2-5,9H2,1H3,(H,14,16). The molecule has 1 amide bonds. The van der Waals surface area contributed by atoms with Crippen LogP contribution in [-0.4, -0.2) is 29.4 Å². The van der Waals surface area contributed by atoms with Crippen molar-refractivity contribution in [3.05, 3.63) is 34.2 Å². The van der Waals surface area contributed by atoms with Gasteiger partial charge < -0.3 is 9.88 Å². The van der Waals surface area contributed by atoms with Crippen molar-refractivity contribution < 1.29 is 4.79 Å². The lowest BCUT2D eigenvalue weighted by atomic mass is 10.1. The number of hydrogen-bond acceptors (Lipinski definition) is 2. The van der Waals surface area contributed by atoms with Gasteiger partial charge in [-0.2, -0.15) is 0 Å². The molecular weight excluding hydrogens is 216 g/mol. The first-order valence-electron chi connectivity index (χ1n) is 6.11. The van der Waals surface area contributed by atoms with Crippen molar-refractivity contribution in [2.75, 3.05) is 13.6 Å². The van der Waals surface area contributed by atoms with Crippen molar-refractivity contribution in [3.63, 3.8) is 0 Å². The molecule has 4 nitrogen and oxygen atoms in total. The van der Waals surface area contributed by atoms with Crippen LogP contribution in [0.2, 0.25) is 0 Å². The number of aromatic amines is 1. The monoisotopic (exact) mass is 234 g/mol. The molecule has 1 heterocycles. The number of hydrogen-bond donors (Lipinski definition) is 1. The van der Waals surface area contributed by atoms with Crippen LogP contribution in [-0.2, 0) is 0 Å². The Bertz CT molecular complexity index is 447. The number of carbonyl (C=O) groups excluding carboxylic acids is 1. The molecule has 92 valence electrons. The molecule has 1 fully saturated rings. The lowest BCUT2D eigenvalue weighted by Gasteiger charge is -2.20. The molecule has 0 bridgehead atoms. The summed E-state index contributed by atoms with van der Waals surface area (Å²) in [7, 11) is 1.81. The van der Waals surface area contributed by atoms with Crippen molar-refractivity contribution in [1.82, 2.24) is 9.88 Å². The maximum absolute atomic E-state index is 12.1. The summed E-state index contributed by atoms with van der Waals surface area (Å²) in [4.78, 5) is 27.4. The zero-order chi connectivity index (χ0) is 12.3. The van der Waals surface area contributed by atoms with Crippen LogP contribution in [0.25, 0.3) is 0 Å². The first-order chi connectivity index (χ1) is 8.16. The second kappa shape index (κ2) is 5.17. The van der Waals surface area contributed by atoms with Crippen molar-refractivity contribution >= 4 is 5.91 Å². The van der Waals surface area contributed by atoms with Gasteiger partial charge in [0.1, 0.15) is 0 Å². The number of carbonyl (C=O) groups is 1. The lowest BCUT2D eigenvalue weighted by Crippen LogP contribution is -2.31. The summed E-state index contributed by atoms with van der Waals surface area (Å²) in [6.45, 7) is 0.797. The van der Waals surface area contributed by atoms with E-state index in [1.807, 2.05) is 7.05 Å². The smallest absolute Gasteiger partial charge is 0.253 e. The van der Waals surface area contributed by atoms with Crippen LogP contribution in [0.5, 0.6) is 0 Å². The number of nitrogens with one attached hydrogen (secondary N) is 1. The fraction of sp³-hybridized carbons (Fsp3) is 0.538. The molecule has 0 spiro atoms. The molecular formula is C13H18N2O2. The van der Waals surface area contributed by atoms with Crippen LogP contribution in [0.15, 0.2) is 23.1 Å². The number of H-pyrrole nitrogens is 1. The molecule has 1 aromatic rings. The van der Waals surface area contributed by atoms with Crippen LogP contribution in [0, 0.1) is 5.92 Å². The minimum absolute atomic E-state index is 0.0667. The average Bonchev–Trinajstić information content (AvgIpc) is 2.80. The highest BCUT2D eigenvalue weighted by Gasteiger charge is 2.20. The Morgan fingerprint density at radius 2 is 2.18 bits per heavy atom. The highest BCUT2D eigenvalue weighted by Crippen LogP contribution is 2.25. The van der Waals surface area contributed by atoms with Crippen molar-refractivity contribution in [2.24, 2.45) is 5.92 Å². The van der Waals surface area contributed by atoms with Gasteiger partial charge in [0.15, 0.2) is 0 Å². The topological polar surface area (TPSA) is 53.2 Å². The Hall–Kier alpha value is -1.58. The van der Waals surface area contributed by atoms with Gasteiger partial charge >= 0.3 is 0 Å². The second-order valence-electron chi connectivity index (χ2n) is 4.78. The summed E-state index contributed by atoms with van der Waals surface area (Å²) >= 11 is 0. The van der Waals surface area contributed by atoms with Gasteiger partial charge in [-0.15, -0.1) is 0 Å². The van der Waals surface area contributed by atoms with E-state index in [2.05, 4.69) is 4.98 Å². The van der Waals surface area contributed by atoms with E-state index in [-0.39, 0.29) is 11.5 Å². The molecule has 1 aliphatic rings. The van der Waals surface area contributed by atoms with Gasteiger partial charge in [-0.1, -0.05) is 12.8 Å². The second-order valence-corrected chi connectivity index (χ2v) is 4.78. The summed E-state index contributed by atoms with van der Waals surface area (Å²) in [5, 5.41) is 0.